The van der Waals surface area contributed by atoms with E-state index in [-0.39, 0.29) is 0 Å². The van der Waals surface area contributed by atoms with Crippen LogP contribution in [0.3, 0.4) is 0 Å². The van der Waals surface area contributed by atoms with Gasteiger partial charge in [0.2, 0.25) is 0 Å². The maximum Gasteiger partial charge on any atom is 0.126 e. The average Bonchev–Trinajstić information content (AvgIpc) is 2.19. The number of nitrogens with one attached hydrogen (secondary N) is 2. The molecular formula is C11H18ClN3. The van der Waals surface area contributed by atoms with Crippen molar-refractivity contribution in [3.63, 3.8) is 0 Å². The molecule has 1 aromatic heterocycles. The highest BCUT2D eigenvalue weighted by Gasteiger charge is 2.03. The minimum atomic E-state index is 0.455. The van der Waals surface area contributed by atoms with E-state index in [9.17, 15) is 0 Å². The fraction of sp³-hybridized carbons (Fsp3) is 0.545. The lowest BCUT2D eigenvalue weighted by atomic mass is 10.2. The van der Waals surface area contributed by atoms with E-state index in [2.05, 4.69) is 29.5 Å². The Kier molecular flexibility index (Phi) is 4.85. The Morgan fingerprint density at radius 2 is 2.20 bits per heavy atom. The van der Waals surface area contributed by atoms with Crippen molar-refractivity contribution in [1.82, 2.24) is 10.3 Å². The van der Waals surface area contributed by atoms with Crippen LogP contribution in [0.4, 0.5) is 5.82 Å². The molecule has 0 bridgehead atoms. The molecule has 0 radical (unpaired) electrons. The van der Waals surface area contributed by atoms with Gasteiger partial charge in [0, 0.05) is 25.3 Å². The second-order valence-corrected chi connectivity index (χ2v) is 4.13. The first kappa shape index (κ1) is 12.3. The number of pyridine rings is 1. The normalized spacial score (nSPS) is 10.7. The number of anilines is 1. The standard InChI is InChI=1S/C11H18ClN3/c1-4-13-11-5-9(6-14-8(2)3)10(12)7-15-11/h5,7-8,14H,4,6H2,1-3H3,(H,13,15). The second kappa shape index (κ2) is 5.93. The molecule has 0 amide bonds. The molecule has 3 nitrogen and oxygen atoms in total. The Labute approximate surface area is 96.2 Å². The van der Waals surface area contributed by atoms with Crippen LogP contribution in [-0.4, -0.2) is 17.6 Å². The van der Waals surface area contributed by atoms with Crippen molar-refractivity contribution in [1.29, 1.82) is 0 Å². The SMILES string of the molecule is CCNc1cc(CNC(C)C)c(Cl)cn1. The first-order chi connectivity index (χ1) is 7.13. The molecule has 0 spiro atoms. The van der Waals surface area contributed by atoms with Gasteiger partial charge in [-0.05, 0) is 18.6 Å². The average molecular weight is 228 g/mol. The lowest BCUT2D eigenvalue weighted by Crippen LogP contribution is -2.22. The summed E-state index contributed by atoms with van der Waals surface area (Å²) in [5.41, 5.74) is 1.08. The second-order valence-electron chi connectivity index (χ2n) is 3.73. The van der Waals surface area contributed by atoms with Crippen molar-refractivity contribution in [3.05, 3.63) is 22.8 Å². The van der Waals surface area contributed by atoms with Crippen LogP contribution in [0.1, 0.15) is 26.3 Å². The van der Waals surface area contributed by atoms with E-state index in [0.29, 0.717) is 11.1 Å². The zero-order valence-corrected chi connectivity index (χ0v) is 10.2. The van der Waals surface area contributed by atoms with Gasteiger partial charge >= 0.3 is 0 Å². The summed E-state index contributed by atoms with van der Waals surface area (Å²) >= 11 is 6.05. The minimum absolute atomic E-state index is 0.455. The molecule has 0 fully saturated rings. The van der Waals surface area contributed by atoms with Gasteiger partial charge in [0.1, 0.15) is 5.82 Å². The Bertz CT molecular complexity index is 313. The van der Waals surface area contributed by atoms with Crippen LogP contribution in [-0.2, 0) is 6.54 Å². The van der Waals surface area contributed by atoms with E-state index in [1.165, 1.54) is 0 Å². The monoisotopic (exact) mass is 227 g/mol. The minimum Gasteiger partial charge on any atom is -0.370 e. The quantitative estimate of drug-likeness (QED) is 0.812. The Morgan fingerprint density at radius 3 is 2.80 bits per heavy atom. The number of hydrogen-bond acceptors (Lipinski definition) is 3. The molecule has 0 aliphatic heterocycles. The molecule has 2 N–H and O–H groups in total. The van der Waals surface area contributed by atoms with Gasteiger partial charge in [-0.3, -0.25) is 0 Å². The molecule has 0 saturated carbocycles. The molecule has 0 saturated heterocycles. The van der Waals surface area contributed by atoms with E-state index >= 15 is 0 Å². The number of nitrogens with zero attached hydrogens (tertiary/aromatic N) is 1. The molecule has 1 aromatic rings. The predicted molar refractivity (Wildman–Crippen MR) is 65.4 cm³/mol. The van der Waals surface area contributed by atoms with Crippen molar-refractivity contribution < 1.29 is 0 Å². The third-order valence-electron chi connectivity index (χ3n) is 1.99. The summed E-state index contributed by atoms with van der Waals surface area (Å²) in [6, 6.07) is 2.44. The summed E-state index contributed by atoms with van der Waals surface area (Å²) in [4.78, 5) is 4.18. The van der Waals surface area contributed by atoms with Gasteiger partial charge in [0.15, 0.2) is 0 Å². The van der Waals surface area contributed by atoms with E-state index in [1.54, 1.807) is 6.20 Å². The first-order valence-corrected chi connectivity index (χ1v) is 5.63. The Balaban J connectivity index is 2.71. The van der Waals surface area contributed by atoms with Crippen molar-refractivity contribution in [3.8, 4) is 0 Å². The summed E-state index contributed by atoms with van der Waals surface area (Å²) in [5.74, 6) is 0.877. The molecule has 0 aromatic carbocycles. The molecule has 1 rings (SSSR count). The zero-order chi connectivity index (χ0) is 11.3. The summed E-state index contributed by atoms with van der Waals surface area (Å²) in [6.07, 6.45) is 1.69. The zero-order valence-electron chi connectivity index (χ0n) is 9.47. The maximum atomic E-state index is 6.05. The fourth-order valence-electron chi connectivity index (χ4n) is 1.21. The molecule has 0 aliphatic carbocycles. The molecule has 15 heavy (non-hydrogen) atoms. The van der Waals surface area contributed by atoms with Crippen molar-refractivity contribution >= 4 is 17.4 Å². The number of hydrogen-bond donors (Lipinski definition) is 2. The highest BCUT2D eigenvalue weighted by atomic mass is 35.5. The molecule has 0 unspecified atom stereocenters. The van der Waals surface area contributed by atoms with Gasteiger partial charge in [-0.1, -0.05) is 25.4 Å². The summed E-state index contributed by atoms with van der Waals surface area (Å²) in [6.45, 7) is 7.91. The van der Waals surface area contributed by atoms with E-state index in [1.807, 2.05) is 13.0 Å². The lowest BCUT2D eigenvalue weighted by molar-refractivity contribution is 0.589. The largest absolute Gasteiger partial charge is 0.370 e. The molecule has 0 atom stereocenters. The summed E-state index contributed by atoms with van der Waals surface area (Å²) < 4.78 is 0. The van der Waals surface area contributed by atoms with Crippen molar-refractivity contribution in [2.75, 3.05) is 11.9 Å². The predicted octanol–water partition coefficient (Wildman–Crippen LogP) is 2.66. The highest BCUT2D eigenvalue weighted by Crippen LogP contribution is 2.17. The van der Waals surface area contributed by atoms with Crippen LogP contribution in [0.5, 0.6) is 0 Å². The van der Waals surface area contributed by atoms with Gasteiger partial charge in [-0.15, -0.1) is 0 Å². The van der Waals surface area contributed by atoms with E-state index < -0.39 is 0 Å². The van der Waals surface area contributed by atoms with Crippen LogP contribution in [0.25, 0.3) is 0 Å². The van der Waals surface area contributed by atoms with Crippen molar-refractivity contribution in [2.45, 2.75) is 33.4 Å². The van der Waals surface area contributed by atoms with Crippen LogP contribution >= 0.6 is 11.6 Å². The van der Waals surface area contributed by atoms with Gasteiger partial charge < -0.3 is 10.6 Å². The maximum absolute atomic E-state index is 6.05. The molecular weight excluding hydrogens is 210 g/mol. The number of rotatable bonds is 5. The molecule has 4 heteroatoms. The Hall–Kier alpha value is -0.800. The smallest absolute Gasteiger partial charge is 0.126 e. The summed E-state index contributed by atoms with van der Waals surface area (Å²) in [7, 11) is 0. The Morgan fingerprint density at radius 1 is 1.47 bits per heavy atom. The topological polar surface area (TPSA) is 37.0 Å². The van der Waals surface area contributed by atoms with Gasteiger partial charge in [-0.2, -0.15) is 0 Å². The third-order valence-corrected chi connectivity index (χ3v) is 2.33. The lowest BCUT2D eigenvalue weighted by Gasteiger charge is -2.11. The van der Waals surface area contributed by atoms with Gasteiger partial charge in [-0.25, -0.2) is 4.98 Å². The molecule has 1 heterocycles. The fourth-order valence-corrected chi connectivity index (χ4v) is 1.38. The van der Waals surface area contributed by atoms with Gasteiger partial charge in [0.25, 0.3) is 0 Å². The van der Waals surface area contributed by atoms with Crippen LogP contribution in [0, 0.1) is 0 Å². The first-order valence-electron chi connectivity index (χ1n) is 5.25. The van der Waals surface area contributed by atoms with Crippen LogP contribution < -0.4 is 10.6 Å². The number of halogens is 1. The van der Waals surface area contributed by atoms with Gasteiger partial charge in [0.05, 0.1) is 5.02 Å². The third kappa shape index (κ3) is 4.06. The van der Waals surface area contributed by atoms with Crippen LogP contribution in [0.2, 0.25) is 5.02 Å². The van der Waals surface area contributed by atoms with E-state index in [0.717, 1.165) is 24.5 Å². The number of aromatic nitrogens is 1. The molecule has 0 aliphatic rings. The van der Waals surface area contributed by atoms with Crippen molar-refractivity contribution in [2.24, 2.45) is 0 Å². The van der Waals surface area contributed by atoms with Crippen LogP contribution in [0.15, 0.2) is 12.3 Å². The summed E-state index contributed by atoms with van der Waals surface area (Å²) in [5, 5.41) is 7.21. The highest BCUT2D eigenvalue weighted by molar-refractivity contribution is 6.31. The van der Waals surface area contributed by atoms with E-state index in [4.69, 9.17) is 11.6 Å². The molecule has 84 valence electrons.